The van der Waals surface area contributed by atoms with E-state index in [1.807, 2.05) is 30.6 Å². The van der Waals surface area contributed by atoms with Crippen molar-refractivity contribution < 1.29 is 0 Å². The highest BCUT2D eigenvalue weighted by molar-refractivity contribution is 7.18. The van der Waals surface area contributed by atoms with Crippen molar-refractivity contribution in [2.45, 2.75) is 13.0 Å². The molecule has 1 N–H and O–H groups in total. The number of benzene rings is 2. The van der Waals surface area contributed by atoms with E-state index in [0.717, 1.165) is 35.3 Å². The highest BCUT2D eigenvalue weighted by Crippen LogP contribution is 2.30. The summed E-state index contributed by atoms with van der Waals surface area (Å²) >= 11 is 1.63. The second-order valence-corrected chi connectivity index (χ2v) is 8.07. The van der Waals surface area contributed by atoms with Gasteiger partial charge in [-0.25, -0.2) is 9.97 Å². The van der Waals surface area contributed by atoms with Gasteiger partial charge < -0.3 is 10.2 Å². The van der Waals surface area contributed by atoms with E-state index in [4.69, 9.17) is 0 Å². The van der Waals surface area contributed by atoms with Gasteiger partial charge in [-0.3, -0.25) is 0 Å². The highest BCUT2D eigenvalue weighted by atomic mass is 32.1. The summed E-state index contributed by atoms with van der Waals surface area (Å²) in [6, 6.07) is 25.1. The minimum atomic E-state index is 0.827. The fourth-order valence-corrected chi connectivity index (χ4v) is 4.00. The van der Waals surface area contributed by atoms with Gasteiger partial charge in [-0.05, 0) is 42.3 Å². The predicted octanol–water partition coefficient (Wildman–Crippen LogP) is 5.62. The lowest BCUT2D eigenvalue weighted by molar-refractivity contribution is 0.331. The molecule has 0 fully saturated rings. The first-order valence-corrected chi connectivity index (χ1v) is 10.5. The van der Waals surface area contributed by atoms with Gasteiger partial charge in [0.25, 0.3) is 0 Å². The maximum absolute atomic E-state index is 4.50. The van der Waals surface area contributed by atoms with Crippen LogP contribution in [0.5, 0.6) is 0 Å². The molecule has 146 valence electrons. The van der Waals surface area contributed by atoms with Gasteiger partial charge in [0, 0.05) is 25.5 Å². The molecule has 0 spiro atoms. The molecule has 4 aromatic rings. The quantitative estimate of drug-likeness (QED) is 0.417. The van der Waals surface area contributed by atoms with Gasteiger partial charge in [0.15, 0.2) is 5.13 Å². The molecule has 0 aliphatic rings. The molecule has 0 atom stereocenters. The van der Waals surface area contributed by atoms with Crippen molar-refractivity contribution in [1.29, 1.82) is 0 Å². The summed E-state index contributed by atoms with van der Waals surface area (Å²) in [5.74, 6) is 0.827. The molecule has 0 radical (unpaired) electrons. The molecule has 5 heteroatoms. The molecule has 0 bridgehead atoms. The zero-order valence-corrected chi connectivity index (χ0v) is 17.3. The van der Waals surface area contributed by atoms with Crippen LogP contribution < -0.4 is 5.32 Å². The van der Waals surface area contributed by atoms with Gasteiger partial charge in [0.2, 0.25) is 0 Å². The molecule has 4 rings (SSSR count). The molecule has 2 heterocycles. The number of rotatable bonds is 8. The summed E-state index contributed by atoms with van der Waals surface area (Å²) in [7, 11) is 2.16. The number of pyridine rings is 1. The van der Waals surface area contributed by atoms with Crippen molar-refractivity contribution in [2.75, 3.05) is 18.9 Å². The largest absolute Gasteiger partial charge is 0.316 e. The number of nitrogens with one attached hydrogen (secondary N) is 1. The summed E-state index contributed by atoms with van der Waals surface area (Å²) in [5.41, 5.74) is 3.78. The molecular weight excluding hydrogens is 376 g/mol. The maximum atomic E-state index is 4.50. The van der Waals surface area contributed by atoms with E-state index in [-0.39, 0.29) is 0 Å². The van der Waals surface area contributed by atoms with Gasteiger partial charge in [-0.15, -0.1) is 0 Å². The van der Waals surface area contributed by atoms with Crippen LogP contribution in [0.3, 0.4) is 0 Å². The molecule has 0 saturated carbocycles. The van der Waals surface area contributed by atoms with E-state index in [0.29, 0.717) is 0 Å². The molecule has 0 saturated heterocycles. The van der Waals surface area contributed by atoms with Crippen LogP contribution in [0.15, 0.2) is 85.2 Å². The van der Waals surface area contributed by atoms with Crippen molar-refractivity contribution in [2.24, 2.45) is 0 Å². The van der Waals surface area contributed by atoms with Crippen molar-refractivity contribution >= 4 is 22.3 Å². The van der Waals surface area contributed by atoms with E-state index in [9.17, 15) is 0 Å². The SMILES string of the molecule is CN(CCc1ccccc1)Cc1ccnc(Nc2ncc(-c3ccccc3)s2)c1. The fourth-order valence-electron chi connectivity index (χ4n) is 3.17. The molecule has 2 aromatic carbocycles. The number of hydrogen-bond donors (Lipinski definition) is 1. The Hall–Kier alpha value is -3.02. The van der Waals surface area contributed by atoms with Crippen molar-refractivity contribution in [3.05, 3.63) is 96.3 Å². The van der Waals surface area contributed by atoms with Crippen LogP contribution in [-0.4, -0.2) is 28.5 Å². The van der Waals surface area contributed by atoms with Crippen molar-refractivity contribution in [3.8, 4) is 10.4 Å². The monoisotopic (exact) mass is 400 g/mol. The summed E-state index contributed by atoms with van der Waals surface area (Å²) in [4.78, 5) is 12.4. The third-order valence-electron chi connectivity index (χ3n) is 4.70. The Morgan fingerprint density at radius 1 is 0.897 bits per heavy atom. The lowest BCUT2D eigenvalue weighted by atomic mass is 10.1. The van der Waals surface area contributed by atoms with Crippen LogP contribution in [0.4, 0.5) is 10.9 Å². The van der Waals surface area contributed by atoms with Gasteiger partial charge >= 0.3 is 0 Å². The first-order valence-electron chi connectivity index (χ1n) is 9.72. The molecule has 0 aliphatic carbocycles. The normalized spacial score (nSPS) is 11.0. The average Bonchev–Trinajstić information content (AvgIpc) is 3.22. The fraction of sp³-hybridized carbons (Fsp3) is 0.167. The molecular formula is C24H24N4S. The second kappa shape index (κ2) is 9.45. The molecule has 2 aromatic heterocycles. The number of anilines is 2. The van der Waals surface area contributed by atoms with Crippen LogP contribution in [0.1, 0.15) is 11.1 Å². The molecule has 0 aliphatic heterocycles. The van der Waals surface area contributed by atoms with E-state index in [1.165, 1.54) is 16.7 Å². The smallest absolute Gasteiger partial charge is 0.188 e. The van der Waals surface area contributed by atoms with E-state index in [2.05, 4.69) is 81.8 Å². The topological polar surface area (TPSA) is 41.1 Å². The van der Waals surface area contributed by atoms with Crippen LogP contribution in [0, 0.1) is 0 Å². The number of likely N-dealkylation sites (N-methyl/N-ethyl adjacent to an activating group) is 1. The molecule has 0 amide bonds. The predicted molar refractivity (Wildman–Crippen MR) is 122 cm³/mol. The van der Waals surface area contributed by atoms with Gasteiger partial charge in [-0.1, -0.05) is 72.0 Å². The standard InChI is InChI=1S/C24H24N4S/c1-28(15-13-19-8-4-2-5-9-19)18-20-12-14-25-23(16-20)27-24-26-17-22(29-24)21-10-6-3-7-11-21/h2-12,14,16-17H,13,15,18H2,1H3,(H,25,26,27). The molecule has 4 nitrogen and oxygen atoms in total. The highest BCUT2D eigenvalue weighted by Gasteiger charge is 2.07. The number of aromatic nitrogens is 2. The zero-order valence-electron chi connectivity index (χ0n) is 16.5. The van der Waals surface area contributed by atoms with Crippen molar-refractivity contribution in [3.63, 3.8) is 0 Å². The minimum Gasteiger partial charge on any atom is -0.316 e. The van der Waals surface area contributed by atoms with E-state index < -0.39 is 0 Å². The first-order chi connectivity index (χ1) is 14.3. The summed E-state index contributed by atoms with van der Waals surface area (Å²) < 4.78 is 0. The van der Waals surface area contributed by atoms with Crippen molar-refractivity contribution in [1.82, 2.24) is 14.9 Å². The van der Waals surface area contributed by atoms with Crippen LogP contribution in [-0.2, 0) is 13.0 Å². The first kappa shape index (κ1) is 19.3. The number of nitrogens with zero attached hydrogens (tertiary/aromatic N) is 3. The summed E-state index contributed by atoms with van der Waals surface area (Å²) in [5, 5.41) is 4.20. The Morgan fingerprint density at radius 3 is 2.45 bits per heavy atom. The lowest BCUT2D eigenvalue weighted by Gasteiger charge is -2.17. The third kappa shape index (κ3) is 5.50. The lowest BCUT2D eigenvalue weighted by Crippen LogP contribution is -2.20. The van der Waals surface area contributed by atoms with E-state index in [1.54, 1.807) is 11.3 Å². The Kier molecular flexibility index (Phi) is 6.29. The Morgan fingerprint density at radius 2 is 1.66 bits per heavy atom. The van der Waals surface area contributed by atoms with Crippen LogP contribution in [0.2, 0.25) is 0 Å². The Labute approximate surface area is 175 Å². The van der Waals surface area contributed by atoms with Gasteiger partial charge in [0.1, 0.15) is 5.82 Å². The molecule has 29 heavy (non-hydrogen) atoms. The summed E-state index contributed by atoms with van der Waals surface area (Å²) in [6.07, 6.45) is 4.81. The van der Waals surface area contributed by atoms with Gasteiger partial charge in [0.05, 0.1) is 4.88 Å². The number of thiazole rings is 1. The summed E-state index contributed by atoms with van der Waals surface area (Å²) in [6.45, 7) is 1.90. The minimum absolute atomic E-state index is 0.827. The maximum Gasteiger partial charge on any atom is 0.188 e. The second-order valence-electron chi connectivity index (χ2n) is 7.04. The van der Waals surface area contributed by atoms with Crippen LogP contribution in [0.25, 0.3) is 10.4 Å². The van der Waals surface area contributed by atoms with Gasteiger partial charge in [-0.2, -0.15) is 0 Å². The Bertz CT molecular complexity index is 1030. The Balaban J connectivity index is 1.35. The third-order valence-corrected chi connectivity index (χ3v) is 5.66. The van der Waals surface area contributed by atoms with E-state index >= 15 is 0 Å². The van der Waals surface area contributed by atoms with Crippen LogP contribution >= 0.6 is 11.3 Å². The molecule has 0 unspecified atom stereocenters. The average molecular weight is 401 g/mol. The zero-order chi connectivity index (χ0) is 19.9. The number of hydrogen-bond acceptors (Lipinski definition) is 5.